The number of nitrogens with one attached hydrogen (secondary N) is 1. The number of para-hydroxylation sites is 1. The SMILES string of the molecule is Cc1ccc(OCCNc2ccccc2Br)c(Br)c1. The van der Waals surface area contributed by atoms with Crippen LogP contribution in [0.1, 0.15) is 5.56 Å². The van der Waals surface area contributed by atoms with Crippen LogP contribution < -0.4 is 10.1 Å². The van der Waals surface area contributed by atoms with Crippen molar-refractivity contribution in [3.8, 4) is 5.75 Å². The molecule has 0 aliphatic heterocycles. The molecule has 1 N–H and O–H groups in total. The van der Waals surface area contributed by atoms with Crippen molar-refractivity contribution in [2.24, 2.45) is 0 Å². The van der Waals surface area contributed by atoms with E-state index in [-0.39, 0.29) is 0 Å². The molecule has 0 bridgehead atoms. The molecule has 0 atom stereocenters. The highest BCUT2D eigenvalue weighted by Crippen LogP contribution is 2.25. The Balaban J connectivity index is 1.83. The molecule has 0 aliphatic rings. The second-order valence-corrected chi connectivity index (χ2v) is 5.90. The van der Waals surface area contributed by atoms with Gasteiger partial charge in [-0.2, -0.15) is 0 Å². The lowest BCUT2D eigenvalue weighted by molar-refractivity contribution is 0.331. The molecule has 0 radical (unpaired) electrons. The lowest BCUT2D eigenvalue weighted by atomic mass is 10.2. The number of anilines is 1. The molecule has 0 amide bonds. The van der Waals surface area contributed by atoms with E-state index in [1.807, 2.05) is 36.4 Å². The van der Waals surface area contributed by atoms with Gasteiger partial charge in [0, 0.05) is 16.7 Å². The molecule has 2 rings (SSSR count). The first-order valence-corrected chi connectivity index (χ1v) is 7.63. The molecular weight excluding hydrogens is 370 g/mol. The summed E-state index contributed by atoms with van der Waals surface area (Å²) in [6, 6.07) is 14.1. The maximum absolute atomic E-state index is 5.73. The van der Waals surface area contributed by atoms with Crippen molar-refractivity contribution < 1.29 is 4.74 Å². The second kappa shape index (κ2) is 6.96. The molecule has 19 heavy (non-hydrogen) atoms. The minimum atomic E-state index is 0.614. The highest BCUT2D eigenvalue weighted by Gasteiger charge is 2.01. The zero-order valence-electron chi connectivity index (χ0n) is 10.6. The van der Waals surface area contributed by atoms with E-state index in [4.69, 9.17) is 4.74 Å². The number of rotatable bonds is 5. The van der Waals surface area contributed by atoms with Crippen molar-refractivity contribution in [3.63, 3.8) is 0 Å². The van der Waals surface area contributed by atoms with Gasteiger partial charge in [-0.15, -0.1) is 0 Å². The van der Waals surface area contributed by atoms with Crippen LogP contribution in [0.15, 0.2) is 51.4 Å². The number of benzene rings is 2. The van der Waals surface area contributed by atoms with Gasteiger partial charge < -0.3 is 10.1 Å². The Morgan fingerprint density at radius 2 is 1.84 bits per heavy atom. The highest BCUT2D eigenvalue weighted by molar-refractivity contribution is 9.11. The Kier molecular flexibility index (Phi) is 5.28. The summed E-state index contributed by atoms with van der Waals surface area (Å²) >= 11 is 7.00. The minimum absolute atomic E-state index is 0.614. The van der Waals surface area contributed by atoms with Gasteiger partial charge in [-0.05, 0) is 68.6 Å². The molecule has 0 aromatic heterocycles. The van der Waals surface area contributed by atoms with Crippen molar-refractivity contribution in [1.29, 1.82) is 0 Å². The maximum Gasteiger partial charge on any atom is 0.133 e. The van der Waals surface area contributed by atoms with Gasteiger partial charge in [0.2, 0.25) is 0 Å². The van der Waals surface area contributed by atoms with Crippen molar-refractivity contribution in [2.75, 3.05) is 18.5 Å². The topological polar surface area (TPSA) is 21.3 Å². The Morgan fingerprint density at radius 3 is 2.58 bits per heavy atom. The first-order chi connectivity index (χ1) is 9.16. The highest BCUT2D eigenvalue weighted by atomic mass is 79.9. The van der Waals surface area contributed by atoms with Gasteiger partial charge in [-0.1, -0.05) is 18.2 Å². The summed E-state index contributed by atoms with van der Waals surface area (Å²) in [6.07, 6.45) is 0. The van der Waals surface area contributed by atoms with Crippen LogP contribution >= 0.6 is 31.9 Å². The Morgan fingerprint density at radius 1 is 1.05 bits per heavy atom. The fourth-order valence-corrected chi connectivity index (χ4v) is 2.71. The zero-order valence-corrected chi connectivity index (χ0v) is 13.8. The molecule has 2 aromatic rings. The van der Waals surface area contributed by atoms with Crippen LogP contribution in [0, 0.1) is 6.92 Å². The van der Waals surface area contributed by atoms with E-state index in [2.05, 4.69) is 50.2 Å². The van der Waals surface area contributed by atoms with Crippen molar-refractivity contribution in [2.45, 2.75) is 6.92 Å². The fraction of sp³-hybridized carbons (Fsp3) is 0.200. The third-order valence-electron chi connectivity index (χ3n) is 2.64. The number of halogens is 2. The van der Waals surface area contributed by atoms with Gasteiger partial charge in [-0.25, -0.2) is 0 Å². The van der Waals surface area contributed by atoms with Gasteiger partial charge in [0.1, 0.15) is 12.4 Å². The largest absolute Gasteiger partial charge is 0.491 e. The molecule has 2 nitrogen and oxygen atoms in total. The van der Waals surface area contributed by atoms with E-state index < -0.39 is 0 Å². The van der Waals surface area contributed by atoms with E-state index in [1.54, 1.807) is 0 Å². The average molecular weight is 385 g/mol. The van der Waals surface area contributed by atoms with Gasteiger partial charge in [0.25, 0.3) is 0 Å². The Hall–Kier alpha value is -1.000. The summed E-state index contributed by atoms with van der Waals surface area (Å²) in [6.45, 7) is 3.43. The molecule has 0 saturated heterocycles. The van der Waals surface area contributed by atoms with E-state index in [0.29, 0.717) is 6.61 Å². The Labute approximate surface area is 130 Å². The molecule has 0 heterocycles. The molecule has 4 heteroatoms. The zero-order chi connectivity index (χ0) is 13.7. The third-order valence-corrected chi connectivity index (χ3v) is 3.95. The van der Waals surface area contributed by atoms with Crippen LogP contribution in [0.4, 0.5) is 5.69 Å². The number of hydrogen-bond donors (Lipinski definition) is 1. The smallest absolute Gasteiger partial charge is 0.133 e. The first kappa shape index (κ1) is 14.4. The molecule has 0 aliphatic carbocycles. The number of aryl methyl sites for hydroxylation is 1. The molecule has 2 aromatic carbocycles. The maximum atomic E-state index is 5.73. The van der Waals surface area contributed by atoms with Crippen molar-refractivity contribution in [1.82, 2.24) is 0 Å². The van der Waals surface area contributed by atoms with Crippen LogP contribution in [-0.4, -0.2) is 13.2 Å². The summed E-state index contributed by atoms with van der Waals surface area (Å²) in [5, 5.41) is 3.33. The molecule has 0 spiro atoms. The molecule has 0 saturated carbocycles. The normalized spacial score (nSPS) is 10.3. The third kappa shape index (κ3) is 4.25. The monoisotopic (exact) mass is 383 g/mol. The van der Waals surface area contributed by atoms with Crippen LogP contribution in [-0.2, 0) is 0 Å². The van der Waals surface area contributed by atoms with Crippen molar-refractivity contribution >= 4 is 37.5 Å². The van der Waals surface area contributed by atoms with Crippen LogP contribution in [0.25, 0.3) is 0 Å². The van der Waals surface area contributed by atoms with Gasteiger partial charge in [-0.3, -0.25) is 0 Å². The second-order valence-electron chi connectivity index (χ2n) is 4.19. The van der Waals surface area contributed by atoms with E-state index in [1.165, 1.54) is 5.56 Å². The fourth-order valence-electron chi connectivity index (χ4n) is 1.67. The van der Waals surface area contributed by atoms with E-state index in [0.717, 1.165) is 26.9 Å². The van der Waals surface area contributed by atoms with Gasteiger partial charge >= 0.3 is 0 Å². The van der Waals surface area contributed by atoms with E-state index >= 15 is 0 Å². The summed E-state index contributed by atoms with van der Waals surface area (Å²) in [7, 11) is 0. The van der Waals surface area contributed by atoms with E-state index in [9.17, 15) is 0 Å². The standard InChI is InChI=1S/C15H15Br2NO/c1-11-6-7-15(13(17)10-11)19-9-8-18-14-5-3-2-4-12(14)16/h2-7,10,18H,8-9H2,1H3. The molecule has 100 valence electrons. The summed E-state index contributed by atoms with van der Waals surface area (Å²) in [5.41, 5.74) is 2.29. The lowest BCUT2D eigenvalue weighted by Crippen LogP contribution is -2.11. The molecule has 0 fully saturated rings. The summed E-state index contributed by atoms with van der Waals surface area (Å²) < 4.78 is 7.78. The van der Waals surface area contributed by atoms with Gasteiger partial charge in [0.15, 0.2) is 0 Å². The predicted molar refractivity (Wildman–Crippen MR) is 87.0 cm³/mol. The lowest BCUT2D eigenvalue weighted by Gasteiger charge is -2.11. The molecular formula is C15H15Br2NO. The first-order valence-electron chi connectivity index (χ1n) is 6.04. The summed E-state index contributed by atoms with van der Waals surface area (Å²) in [5.74, 6) is 0.875. The van der Waals surface area contributed by atoms with Crippen LogP contribution in [0.2, 0.25) is 0 Å². The van der Waals surface area contributed by atoms with Crippen LogP contribution in [0.3, 0.4) is 0 Å². The van der Waals surface area contributed by atoms with Gasteiger partial charge in [0.05, 0.1) is 4.47 Å². The van der Waals surface area contributed by atoms with Crippen molar-refractivity contribution in [3.05, 3.63) is 57.0 Å². The Bertz CT molecular complexity index is 558. The molecule has 0 unspecified atom stereocenters. The minimum Gasteiger partial charge on any atom is -0.491 e. The average Bonchev–Trinajstić information content (AvgIpc) is 2.38. The van der Waals surface area contributed by atoms with Crippen LogP contribution in [0.5, 0.6) is 5.75 Å². The quantitative estimate of drug-likeness (QED) is 0.731. The number of hydrogen-bond acceptors (Lipinski definition) is 2. The predicted octanol–water partition coefficient (Wildman–Crippen LogP) is 5.01. The summed E-state index contributed by atoms with van der Waals surface area (Å²) in [4.78, 5) is 0. The number of ether oxygens (including phenoxy) is 1.